The van der Waals surface area contributed by atoms with Crippen LogP contribution in [0.5, 0.6) is 0 Å². The number of hydrogen-bond donors (Lipinski definition) is 0. The standard InChI is InChI=1S/C18H28/c1-6-11-16-18(14-9-4,15-10-5)17(12-7-2)13-8-3/h7,9-13,15-16H,4,6,8,14H2,1-3,5H3. The maximum Gasteiger partial charge on any atom is 0.0343 e. The zero-order valence-electron chi connectivity index (χ0n) is 12.4. The van der Waals surface area contributed by atoms with Crippen molar-refractivity contribution in [3.63, 3.8) is 0 Å². The predicted molar refractivity (Wildman–Crippen MR) is 84.7 cm³/mol. The van der Waals surface area contributed by atoms with Gasteiger partial charge in [-0.1, -0.05) is 62.5 Å². The summed E-state index contributed by atoms with van der Waals surface area (Å²) in [5.41, 5.74) is 1.32. The molecule has 0 aliphatic heterocycles. The van der Waals surface area contributed by atoms with E-state index in [0.717, 1.165) is 19.3 Å². The quantitative estimate of drug-likeness (QED) is 0.362. The van der Waals surface area contributed by atoms with Crippen LogP contribution < -0.4 is 0 Å². The van der Waals surface area contributed by atoms with E-state index < -0.39 is 0 Å². The van der Waals surface area contributed by atoms with Gasteiger partial charge in [0.15, 0.2) is 0 Å². The molecule has 0 aromatic heterocycles. The summed E-state index contributed by atoms with van der Waals surface area (Å²) in [6.07, 6.45) is 20.7. The highest BCUT2D eigenvalue weighted by Crippen LogP contribution is 2.37. The van der Waals surface area contributed by atoms with Gasteiger partial charge >= 0.3 is 0 Å². The topological polar surface area (TPSA) is 0 Å². The van der Waals surface area contributed by atoms with Crippen LogP contribution in [-0.2, 0) is 0 Å². The van der Waals surface area contributed by atoms with Gasteiger partial charge < -0.3 is 0 Å². The maximum absolute atomic E-state index is 3.92. The third-order valence-corrected chi connectivity index (χ3v) is 2.90. The van der Waals surface area contributed by atoms with E-state index in [1.807, 2.05) is 6.08 Å². The molecule has 0 N–H and O–H groups in total. The van der Waals surface area contributed by atoms with Gasteiger partial charge in [0.25, 0.3) is 0 Å². The molecular formula is C18H28. The van der Waals surface area contributed by atoms with E-state index in [2.05, 4.69) is 76.8 Å². The Labute approximate surface area is 113 Å². The van der Waals surface area contributed by atoms with Crippen LogP contribution in [0.1, 0.15) is 47.0 Å². The highest BCUT2D eigenvalue weighted by Gasteiger charge is 2.25. The molecule has 1 unspecified atom stereocenters. The molecule has 0 radical (unpaired) electrons. The Morgan fingerprint density at radius 2 is 1.78 bits per heavy atom. The predicted octanol–water partition coefficient (Wildman–Crippen LogP) is 6.00. The van der Waals surface area contributed by atoms with Crippen molar-refractivity contribution in [3.05, 3.63) is 60.8 Å². The van der Waals surface area contributed by atoms with Crippen LogP contribution in [-0.4, -0.2) is 0 Å². The largest absolute Gasteiger partial charge is 0.103 e. The third-order valence-electron chi connectivity index (χ3n) is 2.90. The summed E-state index contributed by atoms with van der Waals surface area (Å²) in [6.45, 7) is 12.4. The second-order valence-electron chi connectivity index (χ2n) is 4.41. The summed E-state index contributed by atoms with van der Waals surface area (Å²) >= 11 is 0. The van der Waals surface area contributed by atoms with Crippen molar-refractivity contribution in [3.8, 4) is 0 Å². The minimum atomic E-state index is -0.0327. The van der Waals surface area contributed by atoms with E-state index in [4.69, 9.17) is 0 Å². The smallest absolute Gasteiger partial charge is 0.0343 e. The Kier molecular flexibility index (Phi) is 9.00. The molecule has 100 valence electrons. The Bertz CT molecular complexity index is 339. The average molecular weight is 244 g/mol. The molecule has 0 aliphatic rings. The second-order valence-corrected chi connectivity index (χ2v) is 4.41. The normalized spacial score (nSPS) is 16.8. The van der Waals surface area contributed by atoms with Gasteiger partial charge in [-0.3, -0.25) is 0 Å². The van der Waals surface area contributed by atoms with Gasteiger partial charge in [-0.2, -0.15) is 0 Å². The average Bonchev–Trinajstić information content (AvgIpc) is 2.36. The molecule has 0 aromatic carbocycles. The van der Waals surface area contributed by atoms with Gasteiger partial charge in [-0.25, -0.2) is 0 Å². The minimum Gasteiger partial charge on any atom is -0.103 e. The van der Waals surface area contributed by atoms with Crippen LogP contribution in [0.2, 0.25) is 0 Å². The Balaban J connectivity index is 5.69. The fourth-order valence-corrected chi connectivity index (χ4v) is 2.18. The van der Waals surface area contributed by atoms with E-state index in [1.165, 1.54) is 5.57 Å². The molecule has 0 heteroatoms. The van der Waals surface area contributed by atoms with Crippen LogP contribution in [0.15, 0.2) is 60.8 Å². The van der Waals surface area contributed by atoms with Crippen molar-refractivity contribution < 1.29 is 0 Å². The molecule has 0 amide bonds. The first-order valence-electron chi connectivity index (χ1n) is 6.96. The molecule has 0 heterocycles. The summed E-state index contributed by atoms with van der Waals surface area (Å²) < 4.78 is 0. The van der Waals surface area contributed by atoms with Gasteiger partial charge in [0.05, 0.1) is 0 Å². The maximum atomic E-state index is 3.92. The molecule has 0 aliphatic carbocycles. The highest BCUT2D eigenvalue weighted by atomic mass is 14.3. The van der Waals surface area contributed by atoms with Crippen molar-refractivity contribution >= 4 is 0 Å². The molecule has 0 rings (SSSR count). The first-order chi connectivity index (χ1) is 8.70. The molecule has 0 saturated heterocycles. The Morgan fingerprint density at radius 1 is 1.06 bits per heavy atom. The molecule has 0 spiro atoms. The monoisotopic (exact) mass is 244 g/mol. The van der Waals surface area contributed by atoms with Gasteiger partial charge in [-0.15, -0.1) is 6.58 Å². The molecule has 0 saturated carbocycles. The van der Waals surface area contributed by atoms with Gasteiger partial charge in [-0.05, 0) is 38.7 Å². The Hall–Kier alpha value is -1.30. The van der Waals surface area contributed by atoms with E-state index in [9.17, 15) is 0 Å². The van der Waals surface area contributed by atoms with Crippen molar-refractivity contribution in [1.29, 1.82) is 0 Å². The first kappa shape index (κ1) is 16.7. The SMILES string of the molecule is C=CCC(C=CC)(C=CCC)C(C=CC)=CCC. The summed E-state index contributed by atoms with van der Waals surface area (Å²) in [6, 6.07) is 0. The number of hydrogen-bond acceptors (Lipinski definition) is 0. The lowest BCUT2D eigenvalue weighted by Gasteiger charge is -2.28. The van der Waals surface area contributed by atoms with Gasteiger partial charge in [0.2, 0.25) is 0 Å². The van der Waals surface area contributed by atoms with Crippen molar-refractivity contribution in [1.82, 2.24) is 0 Å². The lowest BCUT2D eigenvalue weighted by atomic mass is 9.75. The molecule has 0 fully saturated rings. The zero-order valence-corrected chi connectivity index (χ0v) is 12.4. The van der Waals surface area contributed by atoms with E-state index in [-0.39, 0.29) is 5.41 Å². The van der Waals surface area contributed by atoms with Gasteiger partial charge in [0, 0.05) is 5.41 Å². The van der Waals surface area contributed by atoms with E-state index in [1.54, 1.807) is 0 Å². The van der Waals surface area contributed by atoms with Crippen LogP contribution in [0.25, 0.3) is 0 Å². The fourth-order valence-electron chi connectivity index (χ4n) is 2.18. The fraction of sp³-hybridized carbons (Fsp3) is 0.444. The van der Waals surface area contributed by atoms with Crippen molar-refractivity contribution in [2.45, 2.75) is 47.0 Å². The van der Waals surface area contributed by atoms with Crippen LogP contribution in [0.3, 0.4) is 0 Å². The third kappa shape index (κ3) is 4.91. The molecule has 0 bridgehead atoms. The molecular weight excluding hydrogens is 216 g/mol. The second kappa shape index (κ2) is 9.70. The van der Waals surface area contributed by atoms with Gasteiger partial charge in [0.1, 0.15) is 0 Å². The van der Waals surface area contributed by atoms with Crippen molar-refractivity contribution in [2.75, 3.05) is 0 Å². The Morgan fingerprint density at radius 3 is 2.22 bits per heavy atom. The summed E-state index contributed by atoms with van der Waals surface area (Å²) in [7, 11) is 0. The molecule has 0 aromatic rings. The van der Waals surface area contributed by atoms with Crippen LogP contribution in [0, 0.1) is 5.41 Å². The molecule has 1 atom stereocenters. The summed E-state index contributed by atoms with van der Waals surface area (Å²) in [4.78, 5) is 0. The lowest BCUT2D eigenvalue weighted by molar-refractivity contribution is 0.605. The lowest BCUT2D eigenvalue weighted by Crippen LogP contribution is -2.16. The number of allylic oxidation sites excluding steroid dienone is 9. The molecule has 0 nitrogen and oxygen atoms in total. The molecule has 18 heavy (non-hydrogen) atoms. The van der Waals surface area contributed by atoms with Crippen LogP contribution >= 0.6 is 0 Å². The number of rotatable bonds is 8. The highest BCUT2D eigenvalue weighted by molar-refractivity contribution is 5.38. The summed E-state index contributed by atoms with van der Waals surface area (Å²) in [5, 5.41) is 0. The minimum absolute atomic E-state index is 0.0327. The first-order valence-corrected chi connectivity index (χ1v) is 6.96. The van der Waals surface area contributed by atoms with Crippen molar-refractivity contribution in [2.24, 2.45) is 5.41 Å². The van der Waals surface area contributed by atoms with E-state index in [0.29, 0.717) is 0 Å². The van der Waals surface area contributed by atoms with Crippen LogP contribution in [0.4, 0.5) is 0 Å². The zero-order chi connectivity index (χ0) is 13.9. The van der Waals surface area contributed by atoms with E-state index >= 15 is 0 Å². The summed E-state index contributed by atoms with van der Waals surface area (Å²) in [5.74, 6) is 0.